The van der Waals surface area contributed by atoms with Gasteiger partial charge in [-0.15, -0.1) is 0 Å². The van der Waals surface area contributed by atoms with E-state index in [9.17, 15) is 9.90 Å². The predicted molar refractivity (Wildman–Crippen MR) is 81.8 cm³/mol. The first-order valence-corrected chi connectivity index (χ1v) is 8.36. The number of carbonyl (C=O) groups is 1. The van der Waals surface area contributed by atoms with Gasteiger partial charge in [-0.3, -0.25) is 9.69 Å². The van der Waals surface area contributed by atoms with Crippen LogP contribution in [-0.4, -0.2) is 35.1 Å². The van der Waals surface area contributed by atoms with Crippen molar-refractivity contribution >= 4 is 5.97 Å². The molecule has 0 bridgehead atoms. The fourth-order valence-electron chi connectivity index (χ4n) is 4.11. The maximum absolute atomic E-state index is 11.6. The van der Waals surface area contributed by atoms with Crippen molar-refractivity contribution in [3.63, 3.8) is 0 Å². The summed E-state index contributed by atoms with van der Waals surface area (Å²) in [5, 5.41) is 9.52. The summed E-state index contributed by atoms with van der Waals surface area (Å²) >= 11 is 0. The topological polar surface area (TPSA) is 40.5 Å². The maximum Gasteiger partial charge on any atom is 0.308 e. The summed E-state index contributed by atoms with van der Waals surface area (Å²) in [5.41, 5.74) is 0.391. The minimum absolute atomic E-state index is 0.135. The first kappa shape index (κ1) is 15.8. The molecule has 3 heteroatoms. The molecule has 1 aliphatic carbocycles. The van der Waals surface area contributed by atoms with E-state index in [1.165, 1.54) is 25.7 Å². The van der Waals surface area contributed by atoms with Gasteiger partial charge in [0, 0.05) is 6.04 Å². The van der Waals surface area contributed by atoms with Crippen LogP contribution in [0, 0.1) is 17.3 Å². The van der Waals surface area contributed by atoms with Crippen LogP contribution < -0.4 is 0 Å². The summed E-state index contributed by atoms with van der Waals surface area (Å²) < 4.78 is 0. The average Bonchev–Trinajstić information content (AvgIpc) is 2.63. The molecule has 2 fully saturated rings. The van der Waals surface area contributed by atoms with Gasteiger partial charge in [0.2, 0.25) is 0 Å². The van der Waals surface area contributed by atoms with E-state index in [1.54, 1.807) is 0 Å². The third-order valence-electron chi connectivity index (χ3n) is 5.52. The predicted octanol–water partition coefficient (Wildman–Crippen LogP) is 3.78. The van der Waals surface area contributed by atoms with Gasteiger partial charge < -0.3 is 5.11 Å². The summed E-state index contributed by atoms with van der Waals surface area (Å²) in [6.07, 6.45) is 7.91. The van der Waals surface area contributed by atoms with Gasteiger partial charge in [0.1, 0.15) is 0 Å². The van der Waals surface area contributed by atoms with E-state index in [0.717, 1.165) is 38.3 Å². The summed E-state index contributed by atoms with van der Waals surface area (Å²) in [4.78, 5) is 14.0. The van der Waals surface area contributed by atoms with Crippen LogP contribution in [0.5, 0.6) is 0 Å². The van der Waals surface area contributed by atoms with Crippen molar-refractivity contribution in [2.24, 2.45) is 17.3 Å². The number of carboxylic acids is 1. The highest BCUT2D eigenvalue weighted by Crippen LogP contribution is 2.37. The Morgan fingerprint density at radius 2 is 1.60 bits per heavy atom. The van der Waals surface area contributed by atoms with E-state index in [4.69, 9.17) is 0 Å². The van der Waals surface area contributed by atoms with Crippen LogP contribution in [0.15, 0.2) is 0 Å². The zero-order valence-corrected chi connectivity index (χ0v) is 13.4. The molecule has 1 saturated heterocycles. The normalized spacial score (nSPS) is 30.9. The van der Waals surface area contributed by atoms with Gasteiger partial charge >= 0.3 is 5.97 Å². The minimum atomic E-state index is -0.574. The molecule has 2 rings (SSSR count). The smallest absolute Gasteiger partial charge is 0.308 e. The molecule has 0 aromatic heterocycles. The monoisotopic (exact) mass is 281 g/mol. The van der Waals surface area contributed by atoms with Crippen LogP contribution in [0.1, 0.15) is 65.7 Å². The Bertz CT molecular complexity index is 326. The van der Waals surface area contributed by atoms with Crippen molar-refractivity contribution in [3.8, 4) is 0 Å². The van der Waals surface area contributed by atoms with E-state index in [0.29, 0.717) is 5.41 Å². The van der Waals surface area contributed by atoms with Gasteiger partial charge in [0.05, 0.1) is 5.92 Å². The van der Waals surface area contributed by atoms with Gasteiger partial charge in [0.25, 0.3) is 0 Å². The van der Waals surface area contributed by atoms with Gasteiger partial charge in [-0.25, -0.2) is 0 Å². The number of hydrogen-bond acceptors (Lipinski definition) is 2. The SMILES string of the molecule is CC(C)(C)C1CCN(C2CCCCCC2C(=O)O)CC1. The van der Waals surface area contributed by atoms with Crippen molar-refractivity contribution in [2.45, 2.75) is 71.8 Å². The highest BCUT2D eigenvalue weighted by atomic mass is 16.4. The summed E-state index contributed by atoms with van der Waals surface area (Å²) in [6, 6.07) is 0.288. The molecule has 0 amide bonds. The Morgan fingerprint density at radius 1 is 1.00 bits per heavy atom. The Hall–Kier alpha value is -0.570. The molecule has 1 N–H and O–H groups in total. The summed E-state index contributed by atoms with van der Waals surface area (Å²) in [5.74, 6) is 0.0753. The fraction of sp³-hybridized carbons (Fsp3) is 0.941. The lowest BCUT2D eigenvalue weighted by atomic mass is 9.75. The van der Waals surface area contributed by atoms with Crippen molar-refractivity contribution < 1.29 is 9.90 Å². The summed E-state index contributed by atoms with van der Waals surface area (Å²) in [7, 11) is 0. The van der Waals surface area contributed by atoms with Gasteiger partial charge in [-0.2, -0.15) is 0 Å². The molecule has 0 aromatic carbocycles. The fourth-order valence-corrected chi connectivity index (χ4v) is 4.11. The molecule has 1 saturated carbocycles. The van der Waals surface area contributed by atoms with E-state index in [2.05, 4.69) is 25.7 Å². The van der Waals surface area contributed by atoms with Gasteiger partial charge in [-0.1, -0.05) is 40.0 Å². The van der Waals surface area contributed by atoms with Crippen molar-refractivity contribution in [3.05, 3.63) is 0 Å². The molecule has 3 nitrogen and oxygen atoms in total. The first-order valence-electron chi connectivity index (χ1n) is 8.36. The molecule has 20 heavy (non-hydrogen) atoms. The number of hydrogen-bond donors (Lipinski definition) is 1. The highest BCUT2D eigenvalue weighted by molar-refractivity contribution is 5.70. The van der Waals surface area contributed by atoms with E-state index < -0.39 is 5.97 Å². The van der Waals surface area contributed by atoms with Crippen LogP contribution in [0.2, 0.25) is 0 Å². The van der Waals surface area contributed by atoms with Crippen LogP contribution >= 0.6 is 0 Å². The van der Waals surface area contributed by atoms with E-state index in [1.807, 2.05) is 0 Å². The average molecular weight is 281 g/mol. The largest absolute Gasteiger partial charge is 0.481 e. The molecular formula is C17H31NO2. The lowest BCUT2D eigenvalue weighted by Gasteiger charge is -2.43. The number of rotatable bonds is 2. The Kier molecular flexibility index (Phi) is 5.11. The zero-order chi connectivity index (χ0) is 14.8. The number of likely N-dealkylation sites (tertiary alicyclic amines) is 1. The quantitative estimate of drug-likeness (QED) is 0.783. The maximum atomic E-state index is 11.6. The van der Waals surface area contributed by atoms with Gasteiger partial charge in [-0.05, 0) is 50.1 Å². The molecule has 2 unspecified atom stereocenters. The second-order valence-electron chi connectivity index (χ2n) is 7.83. The number of aliphatic carboxylic acids is 1. The highest BCUT2D eigenvalue weighted by Gasteiger charge is 2.37. The third-order valence-corrected chi connectivity index (χ3v) is 5.52. The molecule has 1 aliphatic heterocycles. The first-order chi connectivity index (χ1) is 9.39. The third kappa shape index (κ3) is 3.75. The molecular weight excluding hydrogens is 250 g/mol. The van der Waals surface area contributed by atoms with Crippen LogP contribution in [0.25, 0.3) is 0 Å². The van der Waals surface area contributed by atoms with E-state index in [-0.39, 0.29) is 12.0 Å². The Labute approximate surface area is 123 Å². The Morgan fingerprint density at radius 3 is 2.15 bits per heavy atom. The van der Waals surface area contributed by atoms with Gasteiger partial charge in [0.15, 0.2) is 0 Å². The zero-order valence-electron chi connectivity index (χ0n) is 13.4. The minimum Gasteiger partial charge on any atom is -0.481 e. The van der Waals surface area contributed by atoms with Crippen molar-refractivity contribution in [1.29, 1.82) is 0 Å². The van der Waals surface area contributed by atoms with Crippen molar-refractivity contribution in [2.75, 3.05) is 13.1 Å². The molecule has 0 spiro atoms. The second-order valence-corrected chi connectivity index (χ2v) is 7.83. The van der Waals surface area contributed by atoms with E-state index >= 15 is 0 Å². The number of carboxylic acid groups (broad SMARTS) is 1. The van der Waals surface area contributed by atoms with Crippen LogP contribution in [0.3, 0.4) is 0 Å². The lowest BCUT2D eigenvalue weighted by Crippen LogP contribution is -2.48. The van der Waals surface area contributed by atoms with Crippen LogP contribution in [-0.2, 0) is 4.79 Å². The lowest BCUT2D eigenvalue weighted by molar-refractivity contribution is -0.145. The summed E-state index contributed by atoms with van der Waals surface area (Å²) in [6.45, 7) is 9.18. The molecule has 2 atom stereocenters. The second kappa shape index (κ2) is 6.46. The molecule has 116 valence electrons. The number of piperidine rings is 1. The van der Waals surface area contributed by atoms with Crippen LogP contribution in [0.4, 0.5) is 0 Å². The Balaban J connectivity index is 1.98. The number of nitrogens with zero attached hydrogens (tertiary/aromatic N) is 1. The van der Waals surface area contributed by atoms with Crippen molar-refractivity contribution in [1.82, 2.24) is 4.90 Å². The standard InChI is InChI=1S/C17H31NO2/c1-17(2,3)13-9-11-18(12-10-13)15-8-6-4-5-7-14(15)16(19)20/h13-15H,4-12H2,1-3H3,(H,19,20). The molecule has 1 heterocycles. The molecule has 0 aromatic rings. The molecule has 2 aliphatic rings. The molecule has 0 radical (unpaired) electrons.